The molecule has 1 fully saturated rings. The number of rotatable bonds is 6. The molecule has 144 valence electrons. The Kier molecular flexibility index (Phi) is 7.00. The zero-order valence-corrected chi connectivity index (χ0v) is 16.9. The second-order valence-electron chi connectivity index (χ2n) is 6.97. The fourth-order valence-corrected chi connectivity index (χ4v) is 3.52. The fraction of sp³-hybridized carbons (Fsp3) is 0.381. The molecule has 27 heavy (non-hydrogen) atoms. The SMILES string of the molecule is Cc1ccc(Cl)c(OCC(=O)NC2CCN(Cc3ccc(Cl)cc3)CC2)c1. The Morgan fingerprint density at radius 1 is 1.15 bits per heavy atom. The Balaban J connectivity index is 1.40. The van der Waals surface area contributed by atoms with E-state index in [4.69, 9.17) is 27.9 Å². The lowest BCUT2D eigenvalue weighted by Gasteiger charge is -2.32. The second-order valence-corrected chi connectivity index (χ2v) is 7.81. The van der Waals surface area contributed by atoms with Crippen molar-refractivity contribution < 1.29 is 9.53 Å². The van der Waals surface area contributed by atoms with Crippen molar-refractivity contribution in [3.05, 3.63) is 63.6 Å². The monoisotopic (exact) mass is 406 g/mol. The summed E-state index contributed by atoms with van der Waals surface area (Å²) < 4.78 is 5.57. The van der Waals surface area contributed by atoms with Crippen molar-refractivity contribution in [3.8, 4) is 5.75 Å². The molecule has 4 nitrogen and oxygen atoms in total. The number of piperidine rings is 1. The van der Waals surface area contributed by atoms with Crippen molar-refractivity contribution in [1.82, 2.24) is 10.2 Å². The molecule has 1 saturated heterocycles. The lowest BCUT2D eigenvalue weighted by molar-refractivity contribution is -0.124. The number of nitrogens with one attached hydrogen (secondary N) is 1. The molecule has 1 amide bonds. The van der Waals surface area contributed by atoms with E-state index in [0.717, 1.165) is 43.1 Å². The molecule has 0 unspecified atom stereocenters. The van der Waals surface area contributed by atoms with Crippen molar-refractivity contribution in [2.45, 2.75) is 32.4 Å². The number of hydrogen-bond acceptors (Lipinski definition) is 3. The van der Waals surface area contributed by atoms with Gasteiger partial charge in [-0.1, -0.05) is 41.4 Å². The van der Waals surface area contributed by atoms with E-state index in [9.17, 15) is 4.79 Å². The second kappa shape index (κ2) is 9.45. The molecule has 0 spiro atoms. The largest absolute Gasteiger partial charge is 0.482 e. The number of ether oxygens (including phenoxy) is 1. The Labute approximate surface area is 170 Å². The molecule has 3 rings (SSSR count). The van der Waals surface area contributed by atoms with E-state index in [1.54, 1.807) is 6.07 Å². The maximum atomic E-state index is 12.2. The first-order chi connectivity index (χ1) is 13.0. The van der Waals surface area contributed by atoms with Gasteiger partial charge in [0, 0.05) is 30.7 Å². The molecule has 1 heterocycles. The van der Waals surface area contributed by atoms with E-state index in [-0.39, 0.29) is 18.6 Å². The van der Waals surface area contributed by atoms with Crippen molar-refractivity contribution in [2.24, 2.45) is 0 Å². The van der Waals surface area contributed by atoms with Crippen molar-refractivity contribution >= 4 is 29.1 Å². The van der Waals surface area contributed by atoms with E-state index in [1.807, 2.05) is 31.2 Å². The molecule has 1 aliphatic rings. The van der Waals surface area contributed by atoms with E-state index >= 15 is 0 Å². The van der Waals surface area contributed by atoms with Gasteiger partial charge in [0.15, 0.2) is 6.61 Å². The zero-order valence-electron chi connectivity index (χ0n) is 15.4. The molecule has 0 radical (unpaired) electrons. The number of hydrogen-bond donors (Lipinski definition) is 1. The number of likely N-dealkylation sites (tertiary alicyclic amines) is 1. The molecule has 0 aromatic heterocycles. The minimum Gasteiger partial charge on any atom is -0.482 e. The summed E-state index contributed by atoms with van der Waals surface area (Å²) >= 11 is 12.0. The zero-order chi connectivity index (χ0) is 19.2. The average Bonchev–Trinajstić information content (AvgIpc) is 2.66. The summed E-state index contributed by atoms with van der Waals surface area (Å²) in [6.45, 7) is 4.76. The number of aryl methyl sites for hydroxylation is 1. The number of amides is 1. The highest BCUT2D eigenvalue weighted by Crippen LogP contribution is 2.25. The Morgan fingerprint density at radius 3 is 2.56 bits per heavy atom. The lowest BCUT2D eigenvalue weighted by Crippen LogP contribution is -2.45. The molecule has 0 saturated carbocycles. The van der Waals surface area contributed by atoms with E-state index in [2.05, 4.69) is 22.3 Å². The summed E-state index contributed by atoms with van der Waals surface area (Å²) in [4.78, 5) is 14.6. The molecule has 1 N–H and O–H groups in total. The van der Waals surface area contributed by atoms with Gasteiger partial charge in [-0.15, -0.1) is 0 Å². The van der Waals surface area contributed by atoms with Crippen LogP contribution >= 0.6 is 23.2 Å². The van der Waals surface area contributed by atoms with Gasteiger partial charge in [0.05, 0.1) is 5.02 Å². The maximum Gasteiger partial charge on any atom is 0.258 e. The van der Waals surface area contributed by atoms with Crippen LogP contribution in [0.3, 0.4) is 0 Å². The van der Waals surface area contributed by atoms with Gasteiger partial charge in [0.2, 0.25) is 0 Å². The summed E-state index contributed by atoms with van der Waals surface area (Å²) in [7, 11) is 0. The van der Waals surface area contributed by atoms with Gasteiger partial charge in [-0.2, -0.15) is 0 Å². The average molecular weight is 407 g/mol. The smallest absolute Gasteiger partial charge is 0.258 e. The van der Waals surface area contributed by atoms with Crippen LogP contribution < -0.4 is 10.1 Å². The van der Waals surface area contributed by atoms with Crippen LogP contribution in [0, 0.1) is 6.92 Å². The summed E-state index contributed by atoms with van der Waals surface area (Å²) in [5, 5.41) is 4.34. The minimum atomic E-state index is -0.108. The first kappa shape index (κ1) is 20.0. The molecule has 1 aliphatic heterocycles. The van der Waals surface area contributed by atoms with Crippen molar-refractivity contribution in [2.75, 3.05) is 19.7 Å². The predicted octanol–water partition coefficient (Wildman–Crippen LogP) is 4.46. The highest BCUT2D eigenvalue weighted by Gasteiger charge is 2.21. The van der Waals surface area contributed by atoms with Crippen LogP contribution in [0.4, 0.5) is 0 Å². The number of halogens is 2. The minimum absolute atomic E-state index is 0.0197. The van der Waals surface area contributed by atoms with E-state index in [1.165, 1.54) is 5.56 Å². The standard InChI is InChI=1S/C21H24Cl2N2O2/c1-15-2-7-19(23)20(12-15)27-14-21(26)24-18-8-10-25(11-9-18)13-16-3-5-17(22)6-4-16/h2-7,12,18H,8-11,13-14H2,1H3,(H,24,26). The molecular weight excluding hydrogens is 383 g/mol. The van der Waals surface area contributed by atoms with Gasteiger partial charge < -0.3 is 10.1 Å². The number of benzene rings is 2. The first-order valence-corrected chi connectivity index (χ1v) is 9.90. The summed E-state index contributed by atoms with van der Waals surface area (Å²) in [6, 6.07) is 13.7. The van der Waals surface area contributed by atoms with Crippen LogP contribution in [0.2, 0.25) is 10.0 Å². The van der Waals surface area contributed by atoms with Gasteiger partial charge in [-0.05, 0) is 55.2 Å². The van der Waals surface area contributed by atoms with E-state index in [0.29, 0.717) is 10.8 Å². The van der Waals surface area contributed by atoms with Gasteiger partial charge in [0.25, 0.3) is 5.91 Å². The summed E-state index contributed by atoms with van der Waals surface area (Å²) in [5.74, 6) is 0.438. The van der Waals surface area contributed by atoms with Crippen LogP contribution in [0.5, 0.6) is 5.75 Å². The van der Waals surface area contributed by atoms with Crippen LogP contribution in [0.15, 0.2) is 42.5 Å². The number of nitrogens with zero attached hydrogens (tertiary/aromatic N) is 1. The van der Waals surface area contributed by atoms with Crippen LogP contribution in [-0.2, 0) is 11.3 Å². The quantitative estimate of drug-likeness (QED) is 0.769. The van der Waals surface area contributed by atoms with E-state index < -0.39 is 0 Å². The fourth-order valence-electron chi connectivity index (χ4n) is 3.22. The van der Waals surface area contributed by atoms with Crippen LogP contribution in [0.25, 0.3) is 0 Å². The topological polar surface area (TPSA) is 41.6 Å². The Bertz CT molecular complexity index is 772. The predicted molar refractivity (Wildman–Crippen MR) is 110 cm³/mol. The van der Waals surface area contributed by atoms with Crippen molar-refractivity contribution in [3.63, 3.8) is 0 Å². The lowest BCUT2D eigenvalue weighted by atomic mass is 10.0. The summed E-state index contributed by atoms with van der Waals surface area (Å²) in [6.07, 6.45) is 1.87. The third-order valence-corrected chi connectivity index (χ3v) is 5.28. The molecule has 2 aromatic carbocycles. The van der Waals surface area contributed by atoms with Gasteiger partial charge in [0.1, 0.15) is 5.75 Å². The van der Waals surface area contributed by atoms with Gasteiger partial charge in [-0.25, -0.2) is 0 Å². The molecule has 0 bridgehead atoms. The van der Waals surface area contributed by atoms with Crippen LogP contribution in [-0.4, -0.2) is 36.5 Å². The highest BCUT2D eigenvalue weighted by molar-refractivity contribution is 6.32. The third kappa shape index (κ3) is 6.13. The molecule has 2 aromatic rings. The Morgan fingerprint density at radius 2 is 1.85 bits per heavy atom. The first-order valence-electron chi connectivity index (χ1n) is 9.15. The van der Waals surface area contributed by atoms with Gasteiger partial charge >= 0.3 is 0 Å². The van der Waals surface area contributed by atoms with Crippen LogP contribution in [0.1, 0.15) is 24.0 Å². The normalized spacial score (nSPS) is 15.5. The molecule has 6 heteroatoms. The summed E-state index contributed by atoms with van der Waals surface area (Å²) in [5.41, 5.74) is 2.30. The molecule has 0 atom stereocenters. The maximum absolute atomic E-state index is 12.2. The number of carbonyl (C=O) groups is 1. The van der Waals surface area contributed by atoms with Gasteiger partial charge in [-0.3, -0.25) is 9.69 Å². The molecular formula is C21H24Cl2N2O2. The van der Waals surface area contributed by atoms with Crippen molar-refractivity contribution in [1.29, 1.82) is 0 Å². The number of carbonyl (C=O) groups excluding carboxylic acids is 1. The molecule has 0 aliphatic carbocycles. The highest BCUT2D eigenvalue weighted by atomic mass is 35.5. The Hall–Kier alpha value is -1.75. The third-order valence-electron chi connectivity index (χ3n) is 4.72.